The first-order valence-electron chi connectivity index (χ1n) is 7.79. The molecule has 3 rings (SSSR count). The third-order valence-electron chi connectivity index (χ3n) is 3.61. The van der Waals surface area contributed by atoms with Gasteiger partial charge < -0.3 is 4.74 Å². The fourth-order valence-electron chi connectivity index (χ4n) is 2.19. The van der Waals surface area contributed by atoms with E-state index in [1.807, 2.05) is 0 Å². The van der Waals surface area contributed by atoms with E-state index in [9.17, 15) is 13.6 Å². The minimum atomic E-state index is -3.08. The van der Waals surface area contributed by atoms with E-state index in [0.717, 1.165) is 6.92 Å². The summed E-state index contributed by atoms with van der Waals surface area (Å²) in [5.74, 6) is -3.23. The summed E-state index contributed by atoms with van der Waals surface area (Å²) in [6.45, 7) is 2.20. The third-order valence-corrected chi connectivity index (χ3v) is 3.94. The monoisotopic (exact) mass is 393 g/mol. The van der Waals surface area contributed by atoms with Gasteiger partial charge in [-0.25, -0.2) is 23.4 Å². The SMILES string of the molecule is CC(=O)c1cnc(OCc2cn(-c3ccc(Cl)c(C(C)(F)F)c3)nn2)nc1. The highest BCUT2D eigenvalue weighted by atomic mass is 35.5. The molecule has 0 radical (unpaired) electrons. The summed E-state index contributed by atoms with van der Waals surface area (Å²) in [6.07, 6.45) is 4.26. The lowest BCUT2D eigenvalue weighted by molar-refractivity contribution is 0.0176. The van der Waals surface area contributed by atoms with Gasteiger partial charge in [0.2, 0.25) is 0 Å². The van der Waals surface area contributed by atoms with Crippen molar-refractivity contribution in [1.29, 1.82) is 0 Å². The molecule has 0 aliphatic carbocycles. The van der Waals surface area contributed by atoms with Crippen LogP contribution in [-0.2, 0) is 12.5 Å². The zero-order valence-corrected chi connectivity index (χ0v) is 15.1. The van der Waals surface area contributed by atoms with E-state index in [4.69, 9.17) is 16.3 Å². The Morgan fingerprint density at radius 2 is 2.00 bits per heavy atom. The molecule has 27 heavy (non-hydrogen) atoms. The quantitative estimate of drug-likeness (QED) is 0.595. The number of alkyl halides is 2. The minimum Gasteiger partial charge on any atom is -0.457 e. The average Bonchev–Trinajstić information content (AvgIpc) is 3.08. The number of hydrogen-bond acceptors (Lipinski definition) is 6. The average molecular weight is 394 g/mol. The van der Waals surface area contributed by atoms with Crippen molar-refractivity contribution in [3.05, 3.63) is 58.6 Å². The number of benzene rings is 1. The first-order chi connectivity index (χ1) is 12.7. The molecule has 0 spiro atoms. The number of halogens is 3. The molecule has 7 nitrogen and oxygen atoms in total. The molecule has 0 saturated heterocycles. The zero-order valence-electron chi connectivity index (χ0n) is 14.4. The first kappa shape index (κ1) is 18.8. The lowest BCUT2D eigenvalue weighted by Crippen LogP contribution is -2.09. The number of Topliss-reactive ketones (excluding diaryl/α,β-unsaturated/α-hetero) is 1. The summed E-state index contributed by atoms with van der Waals surface area (Å²) in [7, 11) is 0. The molecule has 0 saturated carbocycles. The summed E-state index contributed by atoms with van der Waals surface area (Å²) in [5.41, 5.74) is 0.902. The fraction of sp³-hybridized carbons (Fsp3) is 0.235. The van der Waals surface area contributed by atoms with Crippen molar-refractivity contribution in [2.24, 2.45) is 0 Å². The molecule has 0 bridgehead atoms. The van der Waals surface area contributed by atoms with Crippen LogP contribution in [0.1, 0.15) is 35.5 Å². The van der Waals surface area contributed by atoms with Crippen molar-refractivity contribution < 1.29 is 18.3 Å². The van der Waals surface area contributed by atoms with Crippen LogP contribution >= 0.6 is 11.6 Å². The van der Waals surface area contributed by atoms with Gasteiger partial charge in [0.1, 0.15) is 12.3 Å². The number of ketones is 1. The molecule has 0 fully saturated rings. The standard InChI is InChI=1S/C17H14ClF2N5O2/c1-10(26)11-6-21-16(22-7-11)27-9-12-8-25(24-23-12)13-3-4-15(18)14(5-13)17(2,19)20/h3-8H,9H2,1-2H3. The number of carbonyl (C=O) groups is 1. The molecular formula is C17H14ClF2N5O2. The van der Waals surface area contributed by atoms with Gasteiger partial charge in [0.05, 0.1) is 17.4 Å². The van der Waals surface area contributed by atoms with Crippen LogP contribution in [0.25, 0.3) is 5.69 Å². The zero-order chi connectivity index (χ0) is 19.6. The Morgan fingerprint density at radius 3 is 2.63 bits per heavy atom. The lowest BCUT2D eigenvalue weighted by Gasteiger charge is -2.13. The van der Waals surface area contributed by atoms with Gasteiger partial charge in [-0.1, -0.05) is 16.8 Å². The molecule has 0 aliphatic heterocycles. The van der Waals surface area contributed by atoms with Gasteiger partial charge >= 0.3 is 6.01 Å². The Bertz CT molecular complexity index is 970. The van der Waals surface area contributed by atoms with E-state index < -0.39 is 5.92 Å². The molecule has 0 atom stereocenters. The van der Waals surface area contributed by atoms with Gasteiger partial charge in [-0.05, 0) is 25.1 Å². The maximum atomic E-state index is 13.6. The highest BCUT2D eigenvalue weighted by Crippen LogP contribution is 2.34. The van der Waals surface area contributed by atoms with E-state index in [-0.39, 0.29) is 29.0 Å². The number of aromatic nitrogens is 5. The Labute approximate surface area is 158 Å². The van der Waals surface area contributed by atoms with Crippen molar-refractivity contribution in [2.45, 2.75) is 26.4 Å². The maximum absolute atomic E-state index is 13.6. The van der Waals surface area contributed by atoms with Crippen LogP contribution < -0.4 is 4.74 Å². The van der Waals surface area contributed by atoms with Gasteiger partial charge in [0, 0.05) is 29.9 Å². The highest BCUT2D eigenvalue weighted by Gasteiger charge is 2.27. The number of rotatable bonds is 6. The van der Waals surface area contributed by atoms with Gasteiger partial charge in [-0.15, -0.1) is 5.10 Å². The predicted molar refractivity (Wildman–Crippen MR) is 92.3 cm³/mol. The Kier molecular flexibility index (Phi) is 5.13. The van der Waals surface area contributed by atoms with Gasteiger partial charge in [0.15, 0.2) is 5.78 Å². The summed E-state index contributed by atoms with van der Waals surface area (Å²) in [5, 5.41) is 7.80. The maximum Gasteiger partial charge on any atom is 0.316 e. The largest absolute Gasteiger partial charge is 0.457 e. The highest BCUT2D eigenvalue weighted by molar-refractivity contribution is 6.31. The molecular weight excluding hydrogens is 380 g/mol. The van der Waals surface area contributed by atoms with Crippen LogP contribution in [-0.4, -0.2) is 30.7 Å². The van der Waals surface area contributed by atoms with Crippen molar-refractivity contribution >= 4 is 17.4 Å². The Balaban J connectivity index is 1.72. The molecule has 2 heterocycles. The van der Waals surface area contributed by atoms with E-state index in [0.29, 0.717) is 16.9 Å². The lowest BCUT2D eigenvalue weighted by atomic mass is 10.1. The first-order valence-corrected chi connectivity index (χ1v) is 8.17. The van der Waals surface area contributed by atoms with Crippen molar-refractivity contribution in [3.63, 3.8) is 0 Å². The minimum absolute atomic E-state index is 0.0177. The number of hydrogen-bond donors (Lipinski definition) is 0. The second-order valence-electron chi connectivity index (χ2n) is 5.81. The van der Waals surface area contributed by atoms with Crippen LogP contribution in [0.4, 0.5) is 8.78 Å². The molecule has 140 valence electrons. The normalized spacial score (nSPS) is 11.4. The molecule has 1 aromatic carbocycles. The van der Waals surface area contributed by atoms with Gasteiger partial charge in [-0.3, -0.25) is 4.79 Å². The van der Waals surface area contributed by atoms with Crippen LogP contribution in [0.2, 0.25) is 5.02 Å². The van der Waals surface area contributed by atoms with Crippen LogP contribution in [0.5, 0.6) is 6.01 Å². The van der Waals surface area contributed by atoms with Crippen molar-refractivity contribution in [2.75, 3.05) is 0 Å². The second kappa shape index (κ2) is 7.36. The molecule has 0 N–H and O–H groups in total. The Morgan fingerprint density at radius 1 is 1.30 bits per heavy atom. The summed E-state index contributed by atoms with van der Waals surface area (Å²) >= 11 is 5.84. The smallest absolute Gasteiger partial charge is 0.316 e. The molecule has 0 aliphatic rings. The van der Waals surface area contributed by atoms with Crippen LogP contribution in [0.3, 0.4) is 0 Å². The summed E-state index contributed by atoms with van der Waals surface area (Å²) in [4.78, 5) is 19.0. The predicted octanol–water partition coefficient (Wildman–Crippen LogP) is 3.60. The molecule has 2 aromatic heterocycles. The molecule has 10 heteroatoms. The van der Waals surface area contributed by atoms with Gasteiger partial charge in [0.25, 0.3) is 5.92 Å². The summed E-state index contributed by atoms with van der Waals surface area (Å²) < 4.78 is 34.0. The van der Waals surface area contributed by atoms with E-state index in [2.05, 4.69) is 20.3 Å². The third kappa shape index (κ3) is 4.43. The van der Waals surface area contributed by atoms with Gasteiger partial charge in [-0.2, -0.15) is 0 Å². The molecule has 0 unspecified atom stereocenters. The number of carbonyl (C=O) groups excluding carboxylic acids is 1. The molecule has 3 aromatic rings. The van der Waals surface area contributed by atoms with Crippen molar-refractivity contribution in [1.82, 2.24) is 25.0 Å². The van der Waals surface area contributed by atoms with E-state index in [1.54, 1.807) is 6.07 Å². The second-order valence-corrected chi connectivity index (χ2v) is 6.21. The van der Waals surface area contributed by atoms with Crippen LogP contribution in [0, 0.1) is 0 Å². The topological polar surface area (TPSA) is 82.8 Å². The van der Waals surface area contributed by atoms with Crippen LogP contribution in [0.15, 0.2) is 36.8 Å². The summed E-state index contributed by atoms with van der Waals surface area (Å²) in [6, 6.07) is 4.27. The van der Waals surface area contributed by atoms with Crippen molar-refractivity contribution in [3.8, 4) is 11.7 Å². The van der Waals surface area contributed by atoms with E-state index >= 15 is 0 Å². The Hall–Kier alpha value is -2.94. The fourth-order valence-corrected chi connectivity index (χ4v) is 2.48. The van der Waals surface area contributed by atoms with E-state index in [1.165, 1.54) is 42.3 Å². The number of ether oxygens (including phenoxy) is 1. The molecule has 0 amide bonds. The number of nitrogens with zero attached hydrogens (tertiary/aromatic N) is 5.